The Morgan fingerprint density at radius 3 is 2.91 bits per heavy atom. The van der Waals surface area contributed by atoms with Crippen LogP contribution in [-0.4, -0.2) is 49.9 Å². The monoisotopic (exact) mass is 314 g/mol. The molecule has 1 saturated heterocycles. The van der Waals surface area contributed by atoms with E-state index in [1.165, 1.54) is 0 Å². The summed E-state index contributed by atoms with van der Waals surface area (Å²) in [4.78, 5) is 18.8. The Bertz CT molecular complexity index is 683. The van der Waals surface area contributed by atoms with Gasteiger partial charge in [-0.2, -0.15) is 5.10 Å². The smallest absolute Gasteiger partial charge is 0.257 e. The van der Waals surface area contributed by atoms with Gasteiger partial charge >= 0.3 is 0 Å². The van der Waals surface area contributed by atoms with Gasteiger partial charge in [-0.1, -0.05) is 19.9 Å². The number of nitrogens with zero attached hydrogens (tertiary/aromatic N) is 4. The maximum Gasteiger partial charge on any atom is 0.257 e. The van der Waals surface area contributed by atoms with E-state index in [2.05, 4.69) is 10.1 Å². The number of carbonyl (C=O) groups is 1. The highest BCUT2D eigenvalue weighted by atomic mass is 16.3. The Labute approximate surface area is 135 Å². The summed E-state index contributed by atoms with van der Waals surface area (Å²) in [6, 6.07) is 5.61. The zero-order chi connectivity index (χ0) is 16.4. The van der Waals surface area contributed by atoms with Crippen LogP contribution in [0.1, 0.15) is 36.3 Å². The molecule has 3 rings (SSSR count). The number of amides is 1. The largest absolute Gasteiger partial charge is 0.391 e. The number of pyridine rings is 1. The minimum absolute atomic E-state index is 0.0602. The SMILES string of the molecule is CCc1c(C(=O)N2CCC(C)C(O)C2)cnn1-c1ccccn1. The van der Waals surface area contributed by atoms with Crippen LogP contribution in [0.15, 0.2) is 30.6 Å². The number of aliphatic hydroxyl groups excluding tert-OH is 1. The van der Waals surface area contributed by atoms with Crippen molar-refractivity contribution >= 4 is 5.91 Å². The Morgan fingerprint density at radius 1 is 1.43 bits per heavy atom. The Kier molecular flexibility index (Phi) is 4.43. The third-order valence-electron chi connectivity index (χ3n) is 4.51. The van der Waals surface area contributed by atoms with Crippen molar-refractivity contribution in [2.45, 2.75) is 32.8 Å². The van der Waals surface area contributed by atoms with E-state index >= 15 is 0 Å². The number of aromatic nitrogens is 3. The number of likely N-dealkylation sites (tertiary alicyclic amines) is 1. The van der Waals surface area contributed by atoms with Gasteiger partial charge in [0.25, 0.3) is 5.91 Å². The van der Waals surface area contributed by atoms with E-state index in [0.29, 0.717) is 30.9 Å². The van der Waals surface area contributed by atoms with Crippen LogP contribution < -0.4 is 0 Å². The molecule has 1 N–H and O–H groups in total. The van der Waals surface area contributed by atoms with Crippen LogP contribution in [0.2, 0.25) is 0 Å². The molecule has 0 radical (unpaired) electrons. The number of β-amino-alcohol motifs (C(OH)–C–C–N with tert-alkyl or cyclic N) is 1. The number of carbonyl (C=O) groups excluding carboxylic acids is 1. The summed E-state index contributed by atoms with van der Waals surface area (Å²) in [6.07, 6.45) is 4.37. The first-order valence-corrected chi connectivity index (χ1v) is 8.07. The quantitative estimate of drug-likeness (QED) is 0.935. The zero-order valence-corrected chi connectivity index (χ0v) is 13.5. The maximum atomic E-state index is 12.8. The highest BCUT2D eigenvalue weighted by Crippen LogP contribution is 2.21. The number of hydrogen-bond donors (Lipinski definition) is 1. The predicted octanol–water partition coefficient (Wildman–Crippen LogP) is 1.67. The number of rotatable bonds is 3. The lowest BCUT2D eigenvalue weighted by atomic mass is 9.95. The average Bonchev–Trinajstić information content (AvgIpc) is 3.01. The van der Waals surface area contributed by atoms with Gasteiger partial charge in [0, 0.05) is 19.3 Å². The fraction of sp³-hybridized carbons (Fsp3) is 0.471. The third kappa shape index (κ3) is 2.99. The molecule has 1 aliphatic rings. The van der Waals surface area contributed by atoms with Crippen LogP contribution in [-0.2, 0) is 6.42 Å². The average molecular weight is 314 g/mol. The van der Waals surface area contributed by atoms with E-state index in [1.807, 2.05) is 32.0 Å². The summed E-state index contributed by atoms with van der Waals surface area (Å²) in [7, 11) is 0. The van der Waals surface area contributed by atoms with Crippen molar-refractivity contribution < 1.29 is 9.90 Å². The molecular weight excluding hydrogens is 292 g/mol. The summed E-state index contributed by atoms with van der Waals surface area (Å²) < 4.78 is 1.72. The summed E-state index contributed by atoms with van der Waals surface area (Å²) in [6.45, 7) is 5.08. The second-order valence-corrected chi connectivity index (χ2v) is 6.04. The molecular formula is C17H22N4O2. The van der Waals surface area contributed by atoms with Gasteiger partial charge in [0.1, 0.15) is 0 Å². The van der Waals surface area contributed by atoms with Crippen molar-refractivity contribution in [2.24, 2.45) is 5.92 Å². The van der Waals surface area contributed by atoms with E-state index in [-0.39, 0.29) is 11.8 Å². The molecule has 6 heteroatoms. The van der Waals surface area contributed by atoms with E-state index in [1.54, 1.807) is 22.0 Å². The van der Waals surface area contributed by atoms with Crippen LogP contribution in [0.3, 0.4) is 0 Å². The van der Waals surface area contributed by atoms with E-state index in [9.17, 15) is 9.90 Å². The molecule has 0 aromatic carbocycles. The molecule has 0 aliphatic carbocycles. The lowest BCUT2D eigenvalue weighted by molar-refractivity contribution is 0.0248. The van der Waals surface area contributed by atoms with Crippen molar-refractivity contribution in [1.29, 1.82) is 0 Å². The van der Waals surface area contributed by atoms with Crippen LogP contribution in [0.5, 0.6) is 0 Å². The van der Waals surface area contributed by atoms with Gasteiger partial charge in [-0.25, -0.2) is 9.67 Å². The molecule has 0 bridgehead atoms. The number of piperidine rings is 1. The van der Waals surface area contributed by atoms with E-state index < -0.39 is 6.10 Å². The molecule has 122 valence electrons. The summed E-state index contributed by atoms with van der Waals surface area (Å²) in [5, 5.41) is 14.4. The Balaban J connectivity index is 1.89. The second kappa shape index (κ2) is 6.50. The van der Waals surface area contributed by atoms with Gasteiger partial charge < -0.3 is 10.0 Å². The molecule has 6 nitrogen and oxygen atoms in total. The van der Waals surface area contributed by atoms with Crippen molar-refractivity contribution in [2.75, 3.05) is 13.1 Å². The predicted molar refractivity (Wildman–Crippen MR) is 86.4 cm³/mol. The highest BCUT2D eigenvalue weighted by molar-refractivity contribution is 5.95. The van der Waals surface area contributed by atoms with Crippen LogP contribution in [0, 0.1) is 5.92 Å². The maximum absolute atomic E-state index is 12.8. The Morgan fingerprint density at radius 2 is 2.26 bits per heavy atom. The molecule has 2 aromatic rings. The second-order valence-electron chi connectivity index (χ2n) is 6.04. The number of aliphatic hydroxyl groups is 1. The standard InChI is InChI=1S/C17H22N4O2/c1-3-14-13(10-19-21(14)16-6-4-5-8-18-16)17(23)20-9-7-12(2)15(22)11-20/h4-6,8,10,12,15,22H,3,7,9,11H2,1-2H3. The van der Waals surface area contributed by atoms with Gasteiger partial charge in [0.2, 0.25) is 0 Å². The lowest BCUT2D eigenvalue weighted by Gasteiger charge is -2.34. The molecule has 3 heterocycles. The van der Waals surface area contributed by atoms with Crippen LogP contribution >= 0.6 is 0 Å². The fourth-order valence-electron chi connectivity index (χ4n) is 2.97. The molecule has 1 amide bonds. The molecule has 2 atom stereocenters. The first kappa shape index (κ1) is 15.7. The van der Waals surface area contributed by atoms with Crippen molar-refractivity contribution in [3.8, 4) is 5.82 Å². The molecule has 1 fully saturated rings. The normalized spacial score (nSPS) is 21.4. The van der Waals surface area contributed by atoms with Gasteiger partial charge in [-0.15, -0.1) is 0 Å². The fourth-order valence-corrected chi connectivity index (χ4v) is 2.97. The summed E-state index contributed by atoms with van der Waals surface area (Å²) in [5.41, 5.74) is 1.45. The zero-order valence-electron chi connectivity index (χ0n) is 13.5. The van der Waals surface area contributed by atoms with E-state index in [0.717, 1.165) is 12.1 Å². The first-order valence-electron chi connectivity index (χ1n) is 8.07. The van der Waals surface area contributed by atoms with Crippen LogP contribution in [0.25, 0.3) is 5.82 Å². The minimum atomic E-state index is -0.455. The summed E-state index contributed by atoms with van der Waals surface area (Å²) >= 11 is 0. The summed E-state index contributed by atoms with van der Waals surface area (Å²) in [5.74, 6) is 0.881. The highest BCUT2D eigenvalue weighted by Gasteiger charge is 2.30. The van der Waals surface area contributed by atoms with Gasteiger partial charge in [-0.3, -0.25) is 4.79 Å². The van der Waals surface area contributed by atoms with Gasteiger partial charge in [0.05, 0.1) is 23.6 Å². The van der Waals surface area contributed by atoms with Crippen molar-refractivity contribution in [3.05, 3.63) is 41.9 Å². The molecule has 23 heavy (non-hydrogen) atoms. The van der Waals surface area contributed by atoms with Crippen molar-refractivity contribution in [3.63, 3.8) is 0 Å². The van der Waals surface area contributed by atoms with Gasteiger partial charge in [0.15, 0.2) is 5.82 Å². The van der Waals surface area contributed by atoms with E-state index in [4.69, 9.17) is 0 Å². The lowest BCUT2D eigenvalue weighted by Crippen LogP contribution is -2.46. The van der Waals surface area contributed by atoms with Crippen LogP contribution in [0.4, 0.5) is 0 Å². The Hall–Kier alpha value is -2.21. The first-order chi connectivity index (χ1) is 11.1. The number of hydrogen-bond acceptors (Lipinski definition) is 4. The molecule has 2 unspecified atom stereocenters. The molecule has 0 saturated carbocycles. The topological polar surface area (TPSA) is 71.2 Å². The molecule has 1 aliphatic heterocycles. The molecule has 2 aromatic heterocycles. The van der Waals surface area contributed by atoms with Gasteiger partial charge in [-0.05, 0) is 30.9 Å². The molecule has 0 spiro atoms. The minimum Gasteiger partial charge on any atom is -0.391 e. The third-order valence-corrected chi connectivity index (χ3v) is 4.51. The van der Waals surface area contributed by atoms with Crippen molar-refractivity contribution in [1.82, 2.24) is 19.7 Å².